The lowest BCUT2D eigenvalue weighted by molar-refractivity contribution is -0.120. The van der Waals surface area contributed by atoms with E-state index in [9.17, 15) is 9.59 Å². The molecule has 2 rings (SSSR count). The molecule has 0 radical (unpaired) electrons. The predicted molar refractivity (Wildman–Crippen MR) is 95.0 cm³/mol. The molecular formula is C19H22N2O4. The lowest BCUT2D eigenvalue weighted by Crippen LogP contribution is -2.35. The van der Waals surface area contributed by atoms with Crippen molar-refractivity contribution in [2.75, 3.05) is 27.3 Å². The molecule has 2 aromatic rings. The Hall–Kier alpha value is -3.02. The molecule has 0 saturated carbocycles. The summed E-state index contributed by atoms with van der Waals surface area (Å²) in [5.74, 6) is 0.739. The molecule has 0 fully saturated rings. The van der Waals surface area contributed by atoms with E-state index in [1.165, 1.54) is 14.2 Å². The van der Waals surface area contributed by atoms with Gasteiger partial charge in [0.05, 0.1) is 20.6 Å². The van der Waals surface area contributed by atoms with Gasteiger partial charge in [0.15, 0.2) is 11.5 Å². The van der Waals surface area contributed by atoms with Crippen molar-refractivity contribution in [3.05, 3.63) is 59.7 Å². The molecule has 0 aliphatic rings. The molecule has 6 nitrogen and oxygen atoms in total. The Bertz CT molecular complexity index is 717. The number of carbonyl (C=O) groups is 2. The van der Waals surface area contributed by atoms with Gasteiger partial charge in [-0.3, -0.25) is 9.59 Å². The van der Waals surface area contributed by atoms with Crippen LogP contribution in [0.2, 0.25) is 0 Å². The maximum Gasteiger partial charge on any atom is 0.251 e. The normalized spacial score (nSPS) is 10.0. The average Bonchev–Trinajstić information content (AvgIpc) is 2.65. The number of amides is 2. The third kappa shape index (κ3) is 5.53. The maximum atomic E-state index is 12.1. The van der Waals surface area contributed by atoms with Crippen LogP contribution in [0.4, 0.5) is 0 Å². The number of carbonyl (C=O) groups excluding carboxylic acids is 2. The van der Waals surface area contributed by atoms with Crippen LogP contribution in [0.1, 0.15) is 15.9 Å². The van der Waals surface area contributed by atoms with Gasteiger partial charge in [-0.25, -0.2) is 0 Å². The Morgan fingerprint density at radius 1 is 0.880 bits per heavy atom. The Morgan fingerprint density at radius 2 is 1.56 bits per heavy atom. The molecule has 0 aliphatic carbocycles. The highest BCUT2D eigenvalue weighted by Gasteiger charge is 2.10. The SMILES string of the molecule is COc1ccc(C(=O)NCCNC(=O)Cc2ccccc2)cc1OC. The Morgan fingerprint density at radius 3 is 2.24 bits per heavy atom. The van der Waals surface area contributed by atoms with Crippen LogP contribution in [0.5, 0.6) is 11.5 Å². The molecule has 0 aliphatic heterocycles. The molecule has 6 heteroatoms. The zero-order chi connectivity index (χ0) is 18.1. The van der Waals surface area contributed by atoms with E-state index in [0.29, 0.717) is 36.6 Å². The van der Waals surface area contributed by atoms with Crippen LogP contribution in [0, 0.1) is 0 Å². The molecule has 0 atom stereocenters. The third-order valence-corrected chi connectivity index (χ3v) is 3.59. The first-order valence-corrected chi connectivity index (χ1v) is 7.95. The van der Waals surface area contributed by atoms with E-state index >= 15 is 0 Å². The van der Waals surface area contributed by atoms with Crippen molar-refractivity contribution in [2.45, 2.75) is 6.42 Å². The lowest BCUT2D eigenvalue weighted by atomic mass is 10.1. The zero-order valence-electron chi connectivity index (χ0n) is 14.4. The van der Waals surface area contributed by atoms with Crippen LogP contribution in [-0.4, -0.2) is 39.1 Å². The van der Waals surface area contributed by atoms with Gasteiger partial charge in [-0.2, -0.15) is 0 Å². The van der Waals surface area contributed by atoms with Gasteiger partial charge in [0.25, 0.3) is 5.91 Å². The minimum absolute atomic E-state index is 0.0773. The molecule has 2 aromatic carbocycles. The summed E-state index contributed by atoms with van der Waals surface area (Å²) in [5, 5.41) is 5.54. The van der Waals surface area contributed by atoms with Crippen molar-refractivity contribution in [2.24, 2.45) is 0 Å². The van der Waals surface area contributed by atoms with Crippen molar-refractivity contribution in [1.82, 2.24) is 10.6 Å². The second-order valence-electron chi connectivity index (χ2n) is 5.34. The molecule has 25 heavy (non-hydrogen) atoms. The van der Waals surface area contributed by atoms with E-state index in [4.69, 9.17) is 9.47 Å². The van der Waals surface area contributed by atoms with E-state index in [1.54, 1.807) is 18.2 Å². The van der Waals surface area contributed by atoms with Gasteiger partial charge < -0.3 is 20.1 Å². The van der Waals surface area contributed by atoms with Crippen LogP contribution in [-0.2, 0) is 11.2 Å². The first kappa shape index (κ1) is 18.3. The molecule has 132 valence electrons. The molecule has 0 spiro atoms. The fourth-order valence-corrected chi connectivity index (χ4v) is 2.30. The van der Waals surface area contributed by atoms with Gasteiger partial charge in [0, 0.05) is 18.7 Å². The van der Waals surface area contributed by atoms with E-state index in [1.807, 2.05) is 30.3 Å². The van der Waals surface area contributed by atoms with E-state index in [-0.39, 0.29) is 11.8 Å². The summed E-state index contributed by atoms with van der Waals surface area (Å²) in [6.45, 7) is 0.707. The first-order chi connectivity index (χ1) is 12.1. The third-order valence-electron chi connectivity index (χ3n) is 3.59. The molecule has 0 unspecified atom stereocenters. The second-order valence-corrected chi connectivity index (χ2v) is 5.34. The highest BCUT2D eigenvalue weighted by molar-refractivity contribution is 5.94. The number of hydrogen-bond acceptors (Lipinski definition) is 4. The second kappa shape index (κ2) is 9.32. The lowest BCUT2D eigenvalue weighted by Gasteiger charge is -2.10. The quantitative estimate of drug-likeness (QED) is 0.717. The van der Waals surface area contributed by atoms with Crippen LogP contribution in [0.25, 0.3) is 0 Å². The summed E-state index contributed by atoms with van der Waals surface area (Å²) in [6.07, 6.45) is 0.324. The van der Waals surface area contributed by atoms with Crippen molar-refractivity contribution < 1.29 is 19.1 Å². The first-order valence-electron chi connectivity index (χ1n) is 7.95. The van der Waals surface area contributed by atoms with Crippen molar-refractivity contribution in [3.8, 4) is 11.5 Å². The predicted octanol–water partition coefficient (Wildman–Crippen LogP) is 1.79. The molecule has 0 bridgehead atoms. The Labute approximate surface area is 147 Å². The largest absolute Gasteiger partial charge is 0.493 e. The molecule has 0 heterocycles. The minimum Gasteiger partial charge on any atom is -0.493 e. The topological polar surface area (TPSA) is 76.7 Å². The number of rotatable bonds is 8. The summed E-state index contributed by atoms with van der Waals surface area (Å²) < 4.78 is 10.3. The molecule has 0 aromatic heterocycles. The zero-order valence-corrected chi connectivity index (χ0v) is 14.4. The van der Waals surface area contributed by atoms with Crippen LogP contribution < -0.4 is 20.1 Å². The Balaban J connectivity index is 1.76. The van der Waals surface area contributed by atoms with Gasteiger partial charge in [0.2, 0.25) is 5.91 Å². The molecule has 2 N–H and O–H groups in total. The summed E-state index contributed by atoms with van der Waals surface area (Å²) in [5.41, 5.74) is 1.42. The molecule has 2 amide bonds. The number of methoxy groups -OCH3 is 2. The fraction of sp³-hybridized carbons (Fsp3) is 0.263. The molecule has 0 saturated heterocycles. The number of benzene rings is 2. The summed E-state index contributed by atoms with van der Waals surface area (Å²) in [4.78, 5) is 24.0. The summed E-state index contributed by atoms with van der Waals surface area (Å²) >= 11 is 0. The monoisotopic (exact) mass is 342 g/mol. The summed E-state index contributed by atoms with van der Waals surface area (Å²) in [7, 11) is 3.05. The van der Waals surface area contributed by atoms with Gasteiger partial charge in [-0.15, -0.1) is 0 Å². The van der Waals surface area contributed by atoms with E-state index in [0.717, 1.165) is 5.56 Å². The van der Waals surface area contributed by atoms with Gasteiger partial charge in [-0.1, -0.05) is 30.3 Å². The smallest absolute Gasteiger partial charge is 0.251 e. The minimum atomic E-state index is -0.238. The average molecular weight is 342 g/mol. The van der Waals surface area contributed by atoms with Crippen LogP contribution in [0.3, 0.4) is 0 Å². The van der Waals surface area contributed by atoms with Gasteiger partial charge >= 0.3 is 0 Å². The number of ether oxygens (including phenoxy) is 2. The van der Waals surface area contributed by atoms with Gasteiger partial charge in [0.1, 0.15) is 0 Å². The number of nitrogens with one attached hydrogen (secondary N) is 2. The maximum absolute atomic E-state index is 12.1. The van der Waals surface area contributed by atoms with E-state index in [2.05, 4.69) is 10.6 Å². The van der Waals surface area contributed by atoms with Crippen LogP contribution in [0.15, 0.2) is 48.5 Å². The summed E-state index contributed by atoms with van der Waals surface area (Å²) in [6, 6.07) is 14.4. The van der Waals surface area contributed by atoms with Crippen molar-refractivity contribution in [1.29, 1.82) is 0 Å². The number of hydrogen-bond donors (Lipinski definition) is 2. The van der Waals surface area contributed by atoms with Crippen molar-refractivity contribution >= 4 is 11.8 Å². The highest BCUT2D eigenvalue weighted by Crippen LogP contribution is 2.27. The molecular weight excluding hydrogens is 320 g/mol. The fourth-order valence-electron chi connectivity index (χ4n) is 2.30. The van der Waals surface area contributed by atoms with Gasteiger partial charge in [-0.05, 0) is 23.8 Å². The van der Waals surface area contributed by atoms with Crippen LogP contribution >= 0.6 is 0 Å². The standard InChI is InChI=1S/C19H22N2O4/c1-24-16-9-8-15(13-17(16)25-2)19(23)21-11-10-20-18(22)12-14-6-4-3-5-7-14/h3-9,13H,10-12H2,1-2H3,(H,20,22)(H,21,23). The Kier molecular flexibility index (Phi) is 6.83. The van der Waals surface area contributed by atoms with Crippen molar-refractivity contribution in [3.63, 3.8) is 0 Å². The highest BCUT2D eigenvalue weighted by atomic mass is 16.5. The van der Waals surface area contributed by atoms with E-state index < -0.39 is 0 Å².